The van der Waals surface area contributed by atoms with E-state index in [1.807, 2.05) is 30.4 Å². The third-order valence-electron chi connectivity index (χ3n) is 4.37. The van der Waals surface area contributed by atoms with E-state index in [0.29, 0.717) is 12.0 Å². The molecule has 146 valence electrons. The van der Waals surface area contributed by atoms with Crippen LogP contribution < -0.4 is 0 Å². The van der Waals surface area contributed by atoms with Gasteiger partial charge in [0.2, 0.25) is 0 Å². The average molecular weight is 363 g/mol. The van der Waals surface area contributed by atoms with Crippen molar-refractivity contribution in [3.05, 3.63) is 36.0 Å². The molecule has 0 aliphatic heterocycles. The van der Waals surface area contributed by atoms with E-state index < -0.39 is 11.9 Å². The van der Waals surface area contributed by atoms with Gasteiger partial charge in [-0.15, -0.1) is 0 Å². The van der Waals surface area contributed by atoms with Crippen molar-refractivity contribution >= 4 is 11.9 Å². The molecular weight excluding hydrogens is 328 g/mol. The minimum atomic E-state index is -0.496. The van der Waals surface area contributed by atoms with Crippen LogP contribution in [0, 0.1) is 5.92 Å². The van der Waals surface area contributed by atoms with Gasteiger partial charge in [0.15, 0.2) is 0 Å². The Morgan fingerprint density at radius 1 is 1.00 bits per heavy atom. The first-order valence-corrected chi connectivity index (χ1v) is 10.0. The van der Waals surface area contributed by atoms with E-state index in [9.17, 15) is 9.59 Å². The number of carbonyl (C=O) groups excluding carboxylic acids is 2. The smallest absolute Gasteiger partial charge is 0.334 e. The van der Waals surface area contributed by atoms with Gasteiger partial charge in [-0.25, -0.2) is 4.79 Å². The predicted octanol–water partition coefficient (Wildman–Crippen LogP) is 5.29. The summed E-state index contributed by atoms with van der Waals surface area (Å²) in [5.74, 6) is -1.22. The van der Waals surface area contributed by atoms with Crippen molar-refractivity contribution in [1.29, 1.82) is 0 Å². The second-order valence-electron chi connectivity index (χ2n) is 6.60. The molecule has 0 heterocycles. The number of esters is 2. The summed E-state index contributed by atoms with van der Waals surface area (Å²) in [6.45, 7) is 4.80. The van der Waals surface area contributed by atoms with E-state index >= 15 is 0 Å². The summed E-state index contributed by atoms with van der Waals surface area (Å²) in [5, 5.41) is 0. The highest BCUT2D eigenvalue weighted by atomic mass is 16.5. The highest BCUT2D eigenvalue weighted by Crippen LogP contribution is 2.27. The Bertz CT molecular complexity index is 502. The van der Waals surface area contributed by atoms with Gasteiger partial charge in [-0.2, -0.15) is 0 Å². The molecule has 1 aliphatic carbocycles. The lowest BCUT2D eigenvalue weighted by Gasteiger charge is -2.21. The molecule has 26 heavy (non-hydrogen) atoms. The Kier molecular flexibility index (Phi) is 12.2. The van der Waals surface area contributed by atoms with Crippen LogP contribution in [0.1, 0.15) is 71.6 Å². The summed E-state index contributed by atoms with van der Waals surface area (Å²) in [5.41, 5.74) is 0.457. The summed E-state index contributed by atoms with van der Waals surface area (Å²) in [6, 6.07) is 0. The summed E-state index contributed by atoms with van der Waals surface area (Å²) in [6.07, 6.45) is 18.5. The standard InChI is InChI=1S/C22H34O4/c1-3-5-7-9-13-17-25-21(23)19-15-11-12-16-20(19)22(24)26-18-14-10-8-6-4-2/h9-10,13-15,20H,3-8,11-12,16-18H2,1-2H3/b13-9+,14-10+. The fraction of sp³-hybridized carbons (Fsp3) is 0.636. The first-order valence-electron chi connectivity index (χ1n) is 10.0. The molecular formula is C22H34O4. The molecule has 0 fully saturated rings. The topological polar surface area (TPSA) is 52.6 Å². The normalized spacial score (nSPS) is 17.5. The second kappa shape index (κ2) is 14.3. The van der Waals surface area contributed by atoms with Crippen molar-refractivity contribution in [2.45, 2.75) is 71.6 Å². The van der Waals surface area contributed by atoms with Crippen LogP contribution >= 0.6 is 0 Å². The maximum absolute atomic E-state index is 12.3. The van der Waals surface area contributed by atoms with Crippen LogP contribution in [-0.4, -0.2) is 25.2 Å². The van der Waals surface area contributed by atoms with Gasteiger partial charge < -0.3 is 9.47 Å². The van der Waals surface area contributed by atoms with Gasteiger partial charge in [-0.3, -0.25) is 4.79 Å². The van der Waals surface area contributed by atoms with Gasteiger partial charge >= 0.3 is 11.9 Å². The second-order valence-corrected chi connectivity index (χ2v) is 6.60. The molecule has 1 unspecified atom stereocenters. The molecule has 0 bridgehead atoms. The van der Waals surface area contributed by atoms with E-state index in [4.69, 9.17) is 9.47 Å². The van der Waals surface area contributed by atoms with Crippen LogP contribution in [0.3, 0.4) is 0 Å². The number of rotatable bonds is 12. The summed E-state index contributed by atoms with van der Waals surface area (Å²) >= 11 is 0. The lowest BCUT2D eigenvalue weighted by atomic mass is 9.87. The molecule has 0 aromatic carbocycles. The third kappa shape index (κ3) is 9.02. The number of ether oxygens (including phenoxy) is 2. The van der Waals surface area contributed by atoms with Gasteiger partial charge in [0.05, 0.1) is 5.92 Å². The molecule has 1 rings (SSSR count). The molecule has 1 atom stereocenters. The molecule has 0 saturated carbocycles. The lowest BCUT2D eigenvalue weighted by molar-refractivity contribution is -0.149. The maximum atomic E-state index is 12.3. The van der Waals surface area contributed by atoms with Crippen LogP contribution in [0.5, 0.6) is 0 Å². The third-order valence-corrected chi connectivity index (χ3v) is 4.37. The Morgan fingerprint density at radius 3 is 2.23 bits per heavy atom. The van der Waals surface area contributed by atoms with Crippen LogP contribution in [0.4, 0.5) is 0 Å². The fourth-order valence-corrected chi connectivity index (χ4v) is 2.80. The molecule has 4 heteroatoms. The average Bonchev–Trinajstić information content (AvgIpc) is 2.67. The summed E-state index contributed by atoms with van der Waals surface area (Å²) in [4.78, 5) is 24.6. The quantitative estimate of drug-likeness (QED) is 0.269. The van der Waals surface area contributed by atoms with Gasteiger partial charge in [-0.05, 0) is 32.1 Å². The molecule has 0 amide bonds. The minimum absolute atomic E-state index is 0.252. The molecule has 0 N–H and O–H groups in total. The van der Waals surface area contributed by atoms with Crippen molar-refractivity contribution in [2.24, 2.45) is 5.92 Å². The number of unbranched alkanes of at least 4 members (excludes halogenated alkanes) is 4. The number of hydrogen-bond acceptors (Lipinski definition) is 4. The zero-order chi connectivity index (χ0) is 19.0. The highest BCUT2D eigenvalue weighted by Gasteiger charge is 2.31. The molecule has 0 aromatic rings. The summed E-state index contributed by atoms with van der Waals surface area (Å²) in [7, 11) is 0. The largest absolute Gasteiger partial charge is 0.461 e. The zero-order valence-electron chi connectivity index (χ0n) is 16.4. The monoisotopic (exact) mass is 362 g/mol. The SMILES string of the molecule is CCCC/C=C/COC(=O)C1=CCCCC1C(=O)OC/C=C/CCCC. The van der Waals surface area contributed by atoms with Gasteiger partial charge in [-0.1, -0.05) is 69.9 Å². The molecule has 0 aromatic heterocycles. The van der Waals surface area contributed by atoms with Crippen molar-refractivity contribution in [2.75, 3.05) is 13.2 Å². The van der Waals surface area contributed by atoms with Crippen LogP contribution in [0.15, 0.2) is 36.0 Å². The Labute approximate surface area is 158 Å². The zero-order valence-corrected chi connectivity index (χ0v) is 16.4. The van der Waals surface area contributed by atoms with Crippen LogP contribution in [-0.2, 0) is 19.1 Å². The highest BCUT2D eigenvalue weighted by molar-refractivity contribution is 5.95. The first kappa shape index (κ1) is 22.2. The number of hydrogen-bond donors (Lipinski definition) is 0. The van der Waals surface area contributed by atoms with Crippen molar-refractivity contribution in [3.63, 3.8) is 0 Å². The minimum Gasteiger partial charge on any atom is -0.461 e. The lowest BCUT2D eigenvalue weighted by Crippen LogP contribution is -2.27. The van der Waals surface area contributed by atoms with Crippen LogP contribution in [0.2, 0.25) is 0 Å². The summed E-state index contributed by atoms with van der Waals surface area (Å²) < 4.78 is 10.6. The Balaban J connectivity index is 2.43. The van der Waals surface area contributed by atoms with Crippen molar-refractivity contribution in [1.82, 2.24) is 0 Å². The predicted molar refractivity (Wildman–Crippen MR) is 105 cm³/mol. The van der Waals surface area contributed by atoms with Gasteiger partial charge in [0.25, 0.3) is 0 Å². The van der Waals surface area contributed by atoms with E-state index in [1.54, 1.807) is 0 Å². The molecule has 0 spiro atoms. The van der Waals surface area contributed by atoms with E-state index in [1.165, 1.54) is 0 Å². The van der Waals surface area contributed by atoms with Crippen molar-refractivity contribution < 1.29 is 19.1 Å². The van der Waals surface area contributed by atoms with E-state index in [-0.39, 0.29) is 19.2 Å². The molecule has 1 aliphatic rings. The first-order chi connectivity index (χ1) is 12.7. The van der Waals surface area contributed by atoms with Gasteiger partial charge in [0, 0.05) is 5.57 Å². The van der Waals surface area contributed by atoms with E-state index in [2.05, 4.69) is 13.8 Å². The Hall–Kier alpha value is -1.84. The Morgan fingerprint density at radius 2 is 1.62 bits per heavy atom. The molecule has 4 nitrogen and oxygen atoms in total. The van der Waals surface area contributed by atoms with Crippen LogP contribution in [0.25, 0.3) is 0 Å². The van der Waals surface area contributed by atoms with Crippen molar-refractivity contribution in [3.8, 4) is 0 Å². The molecule has 0 saturated heterocycles. The fourth-order valence-electron chi connectivity index (χ4n) is 2.80. The maximum Gasteiger partial charge on any atom is 0.334 e. The number of carbonyl (C=O) groups is 2. The van der Waals surface area contributed by atoms with Gasteiger partial charge in [0.1, 0.15) is 13.2 Å². The number of allylic oxidation sites excluding steroid dienone is 3. The molecule has 0 radical (unpaired) electrons. The van der Waals surface area contributed by atoms with E-state index in [0.717, 1.165) is 51.4 Å².